The van der Waals surface area contributed by atoms with Gasteiger partial charge in [0.1, 0.15) is 22.3 Å². The molecule has 0 radical (unpaired) electrons. The number of amidine groups is 1. The molecule has 0 aliphatic carbocycles. The molecular weight excluding hydrogens is 638 g/mol. The monoisotopic (exact) mass is 691 g/mol. The number of aryl methyl sites for hydroxylation is 1. The lowest BCUT2D eigenvalue weighted by Crippen LogP contribution is -2.53. The number of amides is 1. The maximum absolute atomic E-state index is 15.0. The first kappa shape index (κ1) is 38.5. The minimum Gasteiger partial charge on any atom is -0.457 e. The Morgan fingerprint density at radius 2 is 1.66 bits per heavy atom. The summed E-state index contributed by atoms with van der Waals surface area (Å²) >= 11 is 0. The summed E-state index contributed by atoms with van der Waals surface area (Å²) in [6.07, 6.45) is 1.64. The number of alkyl carbamates (subject to hydrolysis) is 1. The number of carbonyl (C=O) groups excluding carboxylic acids is 1. The van der Waals surface area contributed by atoms with Crippen LogP contribution >= 0.6 is 0 Å². The fourth-order valence-corrected chi connectivity index (χ4v) is 7.67. The molecule has 47 heavy (non-hydrogen) atoms. The molecule has 1 aliphatic heterocycles. The van der Waals surface area contributed by atoms with Crippen LogP contribution in [0.2, 0.25) is 18.1 Å². The van der Waals surface area contributed by atoms with Crippen LogP contribution in [-0.2, 0) is 36.8 Å². The summed E-state index contributed by atoms with van der Waals surface area (Å²) in [5.41, 5.74) is 0.633. The normalized spacial score (nSPS) is 18.4. The maximum Gasteiger partial charge on any atom is 0.407 e. The molecule has 9 nitrogen and oxygen atoms in total. The highest BCUT2D eigenvalue weighted by Crippen LogP contribution is 2.37. The quantitative estimate of drug-likeness (QED) is 0.176. The van der Waals surface area contributed by atoms with Crippen LogP contribution in [-0.4, -0.2) is 58.5 Å². The predicted molar refractivity (Wildman–Crippen MR) is 188 cm³/mol. The lowest BCUT2D eigenvalue weighted by Gasteiger charge is -2.38. The van der Waals surface area contributed by atoms with Gasteiger partial charge in [0, 0.05) is 18.7 Å². The van der Waals surface area contributed by atoms with Gasteiger partial charge in [-0.1, -0.05) is 63.2 Å². The van der Waals surface area contributed by atoms with E-state index < -0.39 is 52.7 Å². The number of sulfonamides is 1. The molecule has 1 heterocycles. The molecule has 1 amide bonds. The lowest BCUT2D eigenvalue weighted by atomic mass is 9.96. The third kappa shape index (κ3) is 11.3. The molecule has 1 unspecified atom stereocenters. The number of hydrogen-bond acceptors (Lipinski definition) is 7. The first-order chi connectivity index (χ1) is 21.6. The summed E-state index contributed by atoms with van der Waals surface area (Å²) in [5.74, 6) is -0.406. The minimum absolute atomic E-state index is 0.0125. The molecule has 0 saturated carbocycles. The van der Waals surface area contributed by atoms with Gasteiger partial charge in [-0.3, -0.25) is 0 Å². The average molecular weight is 692 g/mol. The molecule has 2 atom stereocenters. The van der Waals surface area contributed by atoms with Crippen molar-refractivity contribution in [2.45, 2.75) is 122 Å². The summed E-state index contributed by atoms with van der Waals surface area (Å²) in [6.45, 7) is 20.6. The second-order valence-electron chi connectivity index (χ2n) is 15.3. The summed E-state index contributed by atoms with van der Waals surface area (Å²) < 4.78 is 64.0. The van der Waals surface area contributed by atoms with Crippen molar-refractivity contribution >= 4 is 30.5 Å². The van der Waals surface area contributed by atoms with Crippen LogP contribution in [0, 0.1) is 5.82 Å². The van der Waals surface area contributed by atoms with Gasteiger partial charge in [-0.25, -0.2) is 17.6 Å². The molecule has 3 rings (SSSR count). The van der Waals surface area contributed by atoms with Gasteiger partial charge in [0.15, 0.2) is 8.32 Å². The number of nitrogens with zero attached hydrogens (tertiary/aromatic N) is 1. The first-order valence-corrected chi connectivity index (χ1v) is 20.7. The van der Waals surface area contributed by atoms with E-state index in [0.717, 1.165) is 24.0 Å². The van der Waals surface area contributed by atoms with Gasteiger partial charge in [-0.2, -0.15) is 0 Å². The molecule has 0 saturated heterocycles. The van der Waals surface area contributed by atoms with E-state index in [0.29, 0.717) is 25.1 Å². The van der Waals surface area contributed by atoms with Gasteiger partial charge in [-0.15, -0.1) is 4.40 Å². The van der Waals surface area contributed by atoms with E-state index in [2.05, 4.69) is 48.9 Å². The van der Waals surface area contributed by atoms with E-state index in [4.69, 9.17) is 13.9 Å². The minimum atomic E-state index is -4.00. The van der Waals surface area contributed by atoms with Gasteiger partial charge in [0.05, 0.1) is 6.04 Å². The number of benzene rings is 2. The van der Waals surface area contributed by atoms with Crippen LogP contribution in [0.1, 0.15) is 91.0 Å². The van der Waals surface area contributed by atoms with Gasteiger partial charge in [0.2, 0.25) is 0 Å². The zero-order chi connectivity index (χ0) is 35.3. The highest BCUT2D eigenvalue weighted by molar-refractivity contribution is 7.91. The van der Waals surface area contributed by atoms with Crippen molar-refractivity contribution in [1.29, 1.82) is 0 Å². The van der Waals surface area contributed by atoms with Gasteiger partial charge in [-0.05, 0) is 95.6 Å². The van der Waals surface area contributed by atoms with Crippen molar-refractivity contribution < 1.29 is 31.5 Å². The third-order valence-electron chi connectivity index (χ3n) is 8.71. The highest BCUT2D eigenvalue weighted by atomic mass is 32.2. The Hall–Kier alpha value is -2.96. The number of rotatable bonds is 12. The Morgan fingerprint density at radius 1 is 1.04 bits per heavy atom. The average Bonchev–Trinajstić information content (AvgIpc) is 2.91. The Labute approximate surface area is 282 Å². The first-order valence-electron chi connectivity index (χ1n) is 16.3. The molecule has 2 aromatic carbocycles. The van der Waals surface area contributed by atoms with Crippen LogP contribution in [0.5, 0.6) is 0 Å². The van der Waals surface area contributed by atoms with Crippen LogP contribution in [0.25, 0.3) is 0 Å². The molecule has 0 fully saturated rings. The number of hydrogen-bond donors (Lipinski definition) is 2. The number of ether oxygens (including phenoxy) is 2. The van der Waals surface area contributed by atoms with Gasteiger partial charge < -0.3 is 24.5 Å². The smallest absolute Gasteiger partial charge is 0.407 e. The van der Waals surface area contributed by atoms with E-state index >= 15 is 0 Å². The second kappa shape index (κ2) is 15.1. The summed E-state index contributed by atoms with van der Waals surface area (Å²) in [6, 6.07) is 13.4. The molecule has 0 aromatic heterocycles. The van der Waals surface area contributed by atoms with E-state index in [-0.39, 0.29) is 17.5 Å². The SMILES string of the molecule is CC(C)(C)OC(=O)NCCCc1ccc(CC2C(C)(C)OC(N[C@@H](CCO[Si](C)(C)C(C)(C)C)c3ccccc3F)=NS2(=O)=O)cc1. The summed E-state index contributed by atoms with van der Waals surface area (Å²) in [4.78, 5) is 11.8. The Balaban J connectivity index is 1.68. The van der Waals surface area contributed by atoms with E-state index in [1.54, 1.807) is 32.0 Å². The largest absolute Gasteiger partial charge is 0.457 e. The molecular formula is C35H54FN3O6SSi. The topological polar surface area (TPSA) is 115 Å². The highest BCUT2D eigenvalue weighted by Gasteiger charge is 2.46. The molecule has 1 aliphatic rings. The van der Waals surface area contributed by atoms with E-state index in [1.807, 2.05) is 45.0 Å². The van der Waals surface area contributed by atoms with Crippen molar-refractivity contribution in [1.82, 2.24) is 10.6 Å². The molecule has 12 heteroatoms. The van der Waals surface area contributed by atoms with Crippen molar-refractivity contribution in [3.05, 3.63) is 71.0 Å². The summed E-state index contributed by atoms with van der Waals surface area (Å²) in [5, 5.41) is 4.93. The number of halogens is 1. The molecule has 2 aromatic rings. The number of carbonyl (C=O) groups is 1. The van der Waals surface area contributed by atoms with Crippen molar-refractivity contribution in [3.8, 4) is 0 Å². The summed E-state index contributed by atoms with van der Waals surface area (Å²) in [7, 11) is -6.05. The predicted octanol–water partition coefficient (Wildman–Crippen LogP) is 7.43. The van der Waals surface area contributed by atoms with Crippen LogP contribution in [0.3, 0.4) is 0 Å². The molecule has 2 N–H and O–H groups in total. The fourth-order valence-electron chi connectivity index (χ4n) is 4.99. The number of nitrogens with one attached hydrogen (secondary N) is 2. The van der Waals surface area contributed by atoms with Crippen molar-refractivity contribution in [2.24, 2.45) is 4.40 Å². The van der Waals surface area contributed by atoms with Crippen LogP contribution in [0.15, 0.2) is 52.9 Å². The van der Waals surface area contributed by atoms with Crippen molar-refractivity contribution in [2.75, 3.05) is 13.2 Å². The molecule has 0 bridgehead atoms. The molecule has 0 spiro atoms. The Morgan fingerprint density at radius 3 is 2.23 bits per heavy atom. The Bertz CT molecular complexity index is 1500. The zero-order valence-electron chi connectivity index (χ0n) is 29.7. The van der Waals surface area contributed by atoms with Crippen LogP contribution < -0.4 is 10.6 Å². The lowest BCUT2D eigenvalue weighted by molar-refractivity contribution is 0.0527. The molecule has 262 valence electrons. The third-order valence-corrected chi connectivity index (χ3v) is 15.1. The standard InChI is InChI=1S/C35H54FN3O6SSi/c1-33(2,3)45-32(40)37-22-13-14-25-17-19-26(20-18-25)24-30-35(7,8)44-31(39-46(30,41)42)38-29(27-15-11-12-16-28(27)36)21-23-43-47(9,10)34(4,5)6/h11-12,15-20,29-30H,13-14,21-24H2,1-10H3,(H,37,40)(H,38,39)/t29-,30?/m0/s1. The van der Waals surface area contributed by atoms with Gasteiger partial charge in [0.25, 0.3) is 10.0 Å². The maximum atomic E-state index is 15.0. The van der Waals surface area contributed by atoms with E-state index in [1.165, 1.54) is 6.07 Å². The van der Waals surface area contributed by atoms with Crippen LogP contribution in [0.4, 0.5) is 9.18 Å². The van der Waals surface area contributed by atoms with Crippen molar-refractivity contribution in [3.63, 3.8) is 0 Å². The fraction of sp³-hybridized carbons (Fsp3) is 0.600. The zero-order valence-corrected chi connectivity index (χ0v) is 31.5. The van der Waals surface area contributed by atoms with E-state index in [9.17, 15) is 17.6 Å². The second-order valence-corrected chi connectivity index (χ2v) is 21.9. The Kier molecular flexibility index (Phi) is 12.3. The van der Waals surface area contributed by atoms with Gasteiger partial charge >= 0.3 is 12.1 Å².